The van der Waals surface area contributed by atoms with Gasteiger partial charge in [0, 0.05) is 23.6 Å². The molecule has 0 saturated carbocycles. The molecule has 0 bridgehead atoms. The Bertz CT molecular complexity index is 549. The summed E-state index contributed by atoms with van der Waals surface area (Å²) in [6.07, 6.45) is 2.46. The highest BCUT2D eigenvalue weighted by Gasteiger charge is 2.23. The van der Waals surface area contributed by atoms with Crippen molar-refractivity contribution in [1.82, 2.24) is 15.3 Å². The second-order valence-corrected chi connectivity index (χ2v) is 6.72. The van der Waals surface area contributed by atoms with Crippen molar-refractivity contribution in [2.24, 2.45) is 0 Å². The number of aromatic amines is 1. The number of aromatic nitrogens is 2. The maximum Gasteiger partial charge on any atom is 0.251 e. The third-order valence-electron chi connectivity index (χ3n) is 2.97. The van der Waals surface area contributed by atoms with E-state index in [0.29, 0.717) is 11.6 Å². The molecule has 5 nitrogen and oxygen atoms in total. The van der Waals surface area contributed by atoms with E-state index in [0.717, 1.165) is 24.3 Å². The lowest BCUT2D eigenvalue weighted by atomic mass is 10.0. The minimum atomic E-state index is -0.553. The number of nitriles is 1. The molecule has 1 rings (SSSR count). The summed E-state index contributed by atoms with van der Waals surface area (Å²) in [4.78, 5) is 18.8. The Morgan fingerprint density at radius 3 is 2.86 bits per heavy atom. The number of rotatable bonds is 8. The van der Waals surface area contributed by atoms with E-state index in [1.165, 1.54) is 11.8 Å². The van der Waals surface area contributed by atoms with Gasteiger partial charge < -0.3 is 4.98 Å². The van der Waals surface area contributed by atoms with Gasteiger partial charge in [-0.1, -0.05) is 25.1 Å². The lowest BCUT2D eigenvalue weighted by Gasteiger charge is -2.25. The highest BCUT2D eigenvalue weighted by Crippen LogP contribution is 2.18. The van der Waals surface area contributed by atoms with Crippen molar-refractivity contribution in [2.75, 3.05) is 5.75 Å². The highest BCUT2D eigenvalue weighted by atomic mass is 32.2. The number of hydrogen-bond donors (Lipinski definition) is 2. The van der Waals surface area contributed by atoms with Crippen LogP contribution in [-0.4, -0.2) is 27.3 Å². The SMILES string of the molecule is CCCc1cc(=O)[nH]c(SCCC(C)(C#N)NC(C)C)n1. The first-order chi connectivity index (χ1) is 9.88. The maximum atomic E-state index is 11.6. The molecule has 0 aromatic carbocycles. The zero-order valence-electron chi connectivity index (χ0n) is 13.2. The van der Waals surface area contributed by atoms with Gasteiger partial charge in [0.25, 0.3) is 5.56 Å². The van der Waals surface area contributed by atoms with E-state index in [1.807, 2.05) is 20.8 Å². The summed E-state index contributed by atoms with van der Waals surface area (Å²) in [6, 6.07) is 4.13. The largest absolute Gasteiger partial charge is 0.301 e. The fourth-order valence-electron chi connectivity index (χ4n) is 2.09. The van der Waals surface area contributed by atoms with Gasteiger partial charge in [-0.15, -0.1) is 0 Å². The van der Waals surface area contributed by atoms with Crippen molar-refractivity contribution >= 4 is 11.8 Å². The van der Waals surface area contributed by atoms with Crippen LogP contribution in [0.1, 0.15) is 46.2 Å². The average Bonchev–Trinajstić information content (AvgIpc) is 2.37. The molecule has 0 spiro atoms. The van der Waals surface area contributed by atoms with Crippen LogP contribution < -0.4 is 10.9 Å². The lowest BCUT2D eigenvalue weighted by molar-refractivity contribution is 0.397. The molecular weight excluding hydrogens is 284 g/mol. The standard InChI is InChI=1S/C15H24N4OS/c1-5-6-12-9-13(20)18-14(17-12)21-8-7-15(4,10-16)19-11(2)3/h9,11,19H,5-8H2,1-4H3,(H,17,18,20). The molecule has 0 aliphatic carbocycles. The van der Waals surface area contributed by atoms with Crippen LogP contribution in [0.2, 0.25) is 0 Å². The number of nitrogens with zero attached hydrogens (tertiary/aromatic N) is 2. The summed E-state index contributed by atoms with van der Waals surface area (Å²) in [5, 5.41) is 13.2. The Morgan fingerprint density at radius 1 is 1.57 bits per heavy atom. The van der Waals surface area contributed by atoms with Crippen molar-refractivity contribution < 1.29 is 0 Å². The fraction of sp³-hybridized carbons (Fsp3) is 0.667. The third-order valence-corrected chi connectivity index (χ3v) is 3.85. The van der Waals surface area contributed by atoms with Crippen LogP contribution in [0.25, 0.3) is 0 Å². The molecular formula is C15H24N4OS. The smallest absolute Gasteiger partial charge is 0.251 e. The van der Waals surface area contributed by atoms with E-state index >= 15 is 0 Å². The molecule has 0 fully saturated rings. The zero-order chi connectivity index (χ0) is 15.9. The molecule has 1 aromatic heterocycles. The van der Waals surface area contributed by atoms with Crippen LogP contribution in [0.4, 0.5) is 0 Å². The summed E-state index contributed by atoms with van der Waals surface area (Å²) in [5.74, 6) is 0.725. The monoisotopic (exact) mass is 308 g/mol. The normalized spacial score (nSPS) is 13.9. The van der Waals surface area contributed by atoms with Gasteiger partial charge in [-0.25, -0.2) is 4.98 Å². The van der Waals surface area contributed by atoms with E-state index in [2.05, 4.69) is 28.3 Å². The van der Waals surface area contributed by atoms with Gasteiger partial charge in [-0.05, 0) is 33.6 Å². The quantitative estimate of drug-likeness (QED) is 0.569. The number of thioether (sulfide) groups is 1. The second kappa shape index (κ2) is 8.20. The predicted molar refractivity (Wildman–Crippen MR) is 86.5 cm³/mol. The molecule has 1 heterocycles. The van der Waals surface area contributed by atoms with E-state index in [9.17, 15) is 10.1 Å². The number of hydrogen-bond acceptors (Lipinski definition) is 5. The molecule has 0 radical (unpaired) electrons. The third kappa shape index (κ3) is 6.32. The molecule has 0 amide bonds. The Balaban J connectivity index is 2.63. The molecule has 2 N–H and O–H groups in total. The first kappa shape index (κ1) is 17.7. The summed E-state index contributed by atoms with van der Waals surface area (Å²) in [6.45, 7) is 8.01. The average molecular weight is 308 g/mol. The Labute approximate surface area is 130 Å². The minimum absolute atomic E-state index is 0.112. The van der Waals surface area contributed by atoms with Crippen LogP contribution in [0.3, 0.4) is 0 Å². The fourth-order valence-corrected chi connectivity index (χ4v) is 3.14. The lowest BCUT2D eigenvalue weighted by Crippen LogP contribution is -2.45. The molecule has 0 aliphatic heterocycles. The molecule has 116 valence electrons. The summed E-state index contributed by atoms with van der Waals surface area (Å²) in [7, 11) is 0. The molecule has 1 aromatic rings. The second-order valence-electron chi connectivity index (χ2n) is 5.63. The Morgan fingerprint density at radius 2 is 2.29 bits per heavy atom. The van der Waals surface area contributed by atoms with Gasteiger partial charge in [-0.2, -0.15) is 5.26 Å². The van der Waals surface area contributed by atoms with Gasteiger partial charge in [0.05, 0.1) is 6.07 Å². The Kier molecular flexibility index (Phi) is 6.93. The summed E-state index contributed by atoms with van der Waals surface area (Å²) < 4.78 is 0. The van der Waals surface area contributed by atoms with Crippen LogP contribution in [0.5, 0.6) is 0 Å². The van der Waals surface area contributed by atoms with Crippen LogP contribution in [-0.2, 0) is 6.42 Å². The van der Waals surface area contributed by atoms with Gasteiger partial charge in [-0.3, -0.25) is 10.1 Å². The summed E-state index contributed by atoms with van der Waals surface area (Å²) in [5.41, 5.74) is 0.161. The predicted octanol–water partition coefficient (Wildman–Crippen LogP) is 2.48. The van der Waals surface area contributed by atoms with Gasteiger partial charge in [0.15, 0.2) is 5.16 Å². The first-order valence-corrected chi connectivity index (χ1v) is 8.29. The number of nitrogens with one attached hydrogen (secondary N) is 2. The van der Waals surface area contributed by atoms with Crippen molar-refractivity contribution in [2.45, 2.75) is 63.7 Å². The van der Waals surface area contributed by atoms with E-state index in [4.69, 9.17) is 0 Å². The van der Waals surface area contributed by atoms with Crippen molar-refractivity contribution in [3.05, 3.63) is 22.1 Å². The number of H-pyrrole nitrogens is 1. The van der Waals surface area contributed by atoms with Gasteiger partial charge in [0.1, 0.15) is 5.54 Å². The Hall–Kier alpha value is -1.32. The van der Waals surface area contributed by atoms with E-state index < -0.39 is 5.54 Å². The highest BCUT2D eigenvalue weighted by molar-refractivity contribution is 7.99. The van der Waals surface area contributed by atoms with Crippen LogP contribution in [0, 0.1) is 11.3 Å². The van der Waals surface area contributed by atoms with Crippen LogP contribution >= 0.6 is 11.8 Å². The van der Waals surface area contributed by atoms with Crippen molar-refractivity contribution in [3.8, 4) is 6.07 Å². The van der Waals surface area contributed by atoms with Gasteiger partial charge in [0.2, 0.25) is 0 Å². The first-order valence-electron chi connectivity index (χ1n) is 7.30. The molecule has 1 unspecified atom stereocenters. The molecule has 21 heavy (non-hydrogen) atoms. The topological polar surface area (TPSA) is 81.6 Å². The van der Waals surface area contributed by atoms with E-state index in [-0.39, 0.29) is 11.6 Å². The van der Waals surface area contributed by atoms with E-state index in [1.54, 1.807) is 6.07 Å². The molecule has 0 saturated heterocycles. The van der Waals surface area contributed by atoms with Crippen molar-refractivity contribution in [1.29, 1.82) is 5.26 Å². The molecule has 6 heteroatoms. The van der Waals surface area contributed by atoms with Crippen LogP contribution in [0.15, 0.2) is 16.0 Å². The molecule has 0 aliphatic rings. The van der Waals surface area contributed by atoms with Gasteiger partial charge >= 0.3 is 0 Å². The maximum absolute atomic E-state index is 11.6. The minimum Gasteiger partial charge on any atom is -0.301 e. The number of aryl methyl sites for hydroxylation is 1. The molecule has 1 atom stereocenters. The summed E-state index contributed by atoms with van der Waals surface area (Å²) >= 11 is 1.49. The zero-order valence-corrected chi connectivity index (χ0v) is 14.0. The van der Waals surface area contributed by atoms with Crippen molar-refractivity contribution in [3.63, 3.8) is 0 Å².